The van der Waals surface area contributed by atoms with Gasteiger partial charge in [0.2, 0.25) is 0 Å². The molecule has 100 valence electrons. The van der Waals surface area contributed by atoms with E-state index in [0.717, 1.165) is 24.4 Å². The predicted molar refractivity (Wildman–Crippen MR) is 76.0 cm³/mol. The van der Waals surface area contributed by atoms with Gasteiger partial charge in [-0.2, -0.15) is 0 Å². The summed E-state index contributed by atoms with van der Waals surface area (Å²) in [6.45, 7) is 4.45. The van der Waals surface area contributed by atoms with Crippen LogP contribution in [-0.2, 0) is 0 Å². The SMILES string of the molecule is CC(Nc1ccc2nccnc2n1)C1CCCNC1. The Bertz CT molecular complexity index is 550. The minimum absolute atomic E-state index is 0.412. The minimum atomic E-state index is 0.412. The molecule has 2 N–H and O–H groups in total. The molecule has 1 aliphatic rings. The number of fused-ring (bicyclic) bond motifs is 1. The molecular weight excluding hydrogens is 238 g/mol. The second-order valence-corrected chi connectivity index (χ2v) is 5.14. The number of pyridine rings is 1. The smallest absolute Gasteiger partial charge is 0.180 e. The zero-order valence-electron chi connectivity index (χ0n) is 11.1. The Labute approximate surface area is 112 Å². The van der Waals surface area contributed by atoms with Crippen LogP contribution in [-0.4, -0.2) is 34.1 Å². The summed E-state index contributed by atoms with van der Waals surface area (Å²) in [5.41, 5.74) is 1.53. The molecule has 0 spiro atoms. The first kappa shape index (κ1) is 12.3. The third-order valence-corrected chi connectivity index (χ3v) is 3.75. The molecule has 2 atom stereocenters. The van der Waals surface area contributed by atoms with E-state index in [-0.39, 0.29) is 0 Å². The first-order valence-corrected chi connectivity index (χ1v) is 6.88. The van der Waals surface area contributed by atoms with Crippen LogP contribution in [0.25, 0.3) is 11.2 Å². The molecule has 0 amide bonds. The van der Waals surface area contributed by atoms with Gasteiger partial charge in [0.15, 0.2) is 5.65 Å². The standard InChI is InChI=1S/C14H19N5/c1-10(11-3-2-6-15-9-11)18-13-5-4-12-14(19-13)17-8-7-16-12/h4-5,7-8,10-11,15H,2-3,6,9H2,1H3,(H,17,18,19). The van der Waals surface area contributed by atoms with Gasteiger partial charge in [-0.3, -0.25) is 4.98 Å². The average Bonchev–Trinajstić information content (AvgIpc) is 2.48. The molecule has 0 aromatic carbocycles. The Morgan fingerprint density at radius 2 is 2.21 bits per heavy atom. The summed E-state index contributed by atoms with van der Waals surface area (Å²) < 4.78 is 0. The van der Waals surface area contributed by atoms with E-state index in [1.165, 1.54) is 12.8 Å². The number of nitrogens with zero attached hydrogens (tertiary/aromatic N) is 3. The summed E-state index contributed by atoms with van der Waals surface area (Å²) in [5.74, 6) is 1.54. The van der Waals surface area contributed by atoms with E-state index >= 15 is 0 Å². The quantitative estimate of drug-likeness (QED) is 0.878. The second kappa shape index (κ2) is 5.48. The van der Waals surface area contributed by atoms with E-state index in [1.54, 1.807) is 12.4 Å². The van der Waals surface area contributed by atoms with Gasteiger partial charge in [0.25, 0.3) is 0 Å². The molecule has 1 saturated heterocycles. The number of piperidine rings is 1. The highest BCUT2D eigenvalue weighted by Crippen LogP contribution is 2.18. The van der Waals surface area contributed by atoms with Crippen molar-refractivity contribution in [3.8, 4) is 0 Å². The van der Waals surface area contributed by atoms with Gasteiger partial charge in [-0.05, 0) is 50.9 Å². The van der Waals surface area contributed by atoms with Crippen LogP contribution in [0.15, 0.2) is 24.5 Å². The second-order valence-electron chi connectivity index (χ2n) is 5.14. The predicted octanol–water partition coefficient (Wildman–Crippen LogP) is 1.82. The lowest BCUT2D eigenvalue weighted by atomic mass is 9.93. The molecular formula is C14H19N5. The van der Waals surface area contributed by atoms with Crippen LogP contribution in [0.4, 0.5) is 5.82 Å². The number of nitrogens with one attached hydrogen (secondary N) is 2. The van der Waals surface area contributed by atoms with Crippen molar-refractivity contribution < 1.29 is 0 Å². The van der Waals surface area contributed by atoms with Crippen molar-refractivity contribution in [2.75, 3.05) is 18.4 Å². The van der Waals surface area contributed by atoms with Crippen LogP contribution >= 0.6 is 0 Å². The molecule has 5 nitrogen and oxygen atoms in total. The molecule has 1 fully saturated rings. The largest absolute Gasteiger partial charge is 0.367 e. The number of hydrogen-bond donors (Lipinski definition) is 2. The number of aromatic nitrogens is 3. The molecule has 19 heavy (non-hydrogen) atoms. The van der Waals surface area contributed by atoms with Gasteiger partial charge in [-0.25, -0.2) is 9.97 Å². The van der Waals surface area contributed by atoms with Crippen LogP contribution in [0.2, 0.25) is 0 Å². The molecule has 1 aliphatic heterocycles. The van der Waals surface area contributed by atoms with Crippen LogP contribution in [0.5, 0.6) is 0 Å². The maximum Gasteiger partial charge on any atom is 0.180 e. The Morgan fingerprint density at radius 3 is 3.05 bits per heavy atom. The Balaban J connectivity index is 1.73. The lowest BCUT2D eigenvalue weighted by molar-refractivity contribution is 0.346. The summed E-state index contributed by atoms with van der Waals surface area (Å²) in [7, 11) is 0. The first-order valence-electron chi connectivity index (χ1n) is 6.88. The van der Waals surface area contributed by atoms with Crippen molar-refractivity contribution in [1.29, 1.82) is 0 Å². The van der Waals surface area contributed by atoms with E-state index in [0.29, 0.717) is 17.6 Å². The number of hydrogen-bond acceptors (Lipinski definition) is 5. The van der Waals surface area contributed by atoms with Gasteiger partial charge in [0, 0.05) is 18.4 Å². The summed E-state index contributed by atoms with van der Waals surface area (Å²) in [4.78, 5) is 13.0. The highest BCUT2D eigenvalue weighted by molar-refractivity contribution is 5.71. The van der Waals surface area contributed by atoms with Gasteiger partial charge in [0.05, 0.1) is 0 Å². The topological polar surface area (TPSA) is 62.7 Å². The maximum absolute atomic E-state index is 4.50. The third-order valence-electron chi connectivity index (χ3n) is 3.75. The highest BCUT2D eigenvalue weighted by Gasteiger charge is 2.19. The van der Waals surface area contributed by atoms with Crippen LogP contribution in [0.3, 0.4) is 0 Å². The molecule has 0 saturated carbocycles. The summed E-state index contributed by atoms with van der Waals surface area (Å²) in [5, 5.41) is 6.93. The maximum atomic E-state index is 4.50. The monoisotopic (exact) mass is 257 g/mol. The molecule has 2 aromatic heterocycles. The molecule has 5 heteroatoms. The van der Waals surface area contributed by atoms with E-state index in [4.69, 9.17) is 0 Å². The van der Waals surface area contributed by atoms with Gasteiger partial charge in [0.1, 0.15) is 11.3 Å². The molecule has 0 radical (unpaired) electrons. The van der Waals surface area contributed by atoms with Gasteiger partial charge in [-0.1, -0.05) is 0 Å². The van der Waals surface area contributed by atoms with Crippen LogP contribution < -0.4 is 10.6 Å². The van der Waals surface area contributed by atoms with Crippen molar-refractivity contribution >= 4 is 17.0 Å². The van der Waals surface area contributed by atoms with Gasteiger partial charge < -0.3 is 10.6 Å². The van der Waals surface area contributed by atoms with E-state index < -0.39 is 0 Å². The molecule has 3 heterocycles. The molecule has 2 unspecified atom stereocenters. The summed E-state index contributed by atoms with van der Waals surface area (Å²) >= 11 is 0. The summed E-state index contributed by atoms with van der Waals surface area (Å²) in [6.07, 6.45) is 5.89. The zero-order chi connectivity index (χ0) is 13.1. The highest BCUT2D eigenvalue weighted by atomic mass is 15.0. The Hall–Kier alpha value is -1.75. The lowest BCUT2D eigenvalue weighted by Crippen LogP contribution is -2.38. The van der Waals surface area contributed by atoms with Crippen LogP contribution in [0.1, 0.15) is 19.8 Å². The Morgan fingerprint density at radius 1 is 1.32 bits per heavy atom. The van der Waals surface area contributed by atoms with Crippen molar-refractivity contribution in [2.45, 2.75) is 25.8 Å². The van der Waals surface area contributed by atoms with Crippen LogP contribution in [0, 0.1) is 5.92 Å². The van der Waals surface area contributed by atoms with Gasteiger partial charge in [-0.15, -0.1) is 0 Å². The van der Waals surface area contributed by atoms with E-state index in [2.05, 4.69) is 32.5 Å². The van der Waals surface area contributed by atoms with Crippen molar-refractivity contribution in [1.82, 2.24) is 20.3 Å². The van der Waals surface area contributed by atoms with Crippen molar-refractivity contribution in [3.05, 3.63) is 24.5 Å². The minimum Gasteiger partial charge on any atom is -0.367 e. The Kier molecular flexibility index (Phi) is 3.55. The third kappa shape index (κ3) is 2.81. The fourth-order valence-corrected chi connectivity index (χ4v) is 2.59. The molecule has 0 aliphatic carbocycles. The zero-order valence-corrected chi connectivity index (χ0v) is 11.1. The fraction of sp³-hybridized carbons (Fsp3) is 0.500. The van der Waals surface area contributed by atoms with Crippen molar-refractivity contribution in [3.63, 3.8) is 0 Å². The van der Waals surface area contributed by atoms with Gasteiger partial charge >= 0.3 is 0 Å². The normalized spacial score (nSPS) is 21.2. The van der Waals surface area contributed by atoms with E-state index in [1.807, 2.05) is 12.1 Å². The fourth-order valence-electron chi connectivity index (χ4n) is 2.59. The molecule has 0 bridgehead atoms. The van der Waals surface area contributed by atoms with Crippen molar-refractivity contribution in [2.24, 2.45) is 5.92 Å². The number of anilines is 1. The molecule has 3 rings (SSSR count). The summed E-state index contributed by atoms with van der Waals surface area (Å²) in [6, 6.07) is 4.35. The molecule has 2 aromatic rings. The number of rotatable bonds is 3. The first-order chi connectivity index (χ1) is 9.33. The lowest BCUT2D eigenvalue weighted by Gasteiger charge is -2.29. The average molecular weight is 257 g/mol. The van der Waals surface area contributed by atoms with E-state index in [9.17, 15) is 0 Å².